The van der Waals surface area contributed by atoms with Gasteiger partial charge in [-0.3, -0.25) is 4.79 Å². The molecule has 0 aliphatic carbocycles. The molecule has 0 aliphatic heterocycles. The van der Waals surface area contributed by atoms with Gasteiger partial charge >= 0.3 is 0 Å². The highest BCUT2D eigenvalue weighted by Gasteiger charge is 2.08. The largest absolute Gasteiger partial charge is 0.504 e. The van der Waals surface area contributed by atoms with Crippen LogP contribution in [0.5, 0.6) is 17.2 Å². The second-order valence-electron chi connectivity index (χ2n) is 5.51. The van der Waals surface area contributed by atoms with Crippen molar-refractivity contribution in [2.75, 3.05) is 13.7 Å². The molecule has 1 amide bonds. The maximum atomic E-state index is 11.8. The molecule has 0 spiro atoms. The van der Waals surface area contributed by atoms with Crippen molar-refractivity contribution in [3.63, 3.8) is 0 Å². The van der Waals surface area contributed by atoms with Crippen LogP contribution in [-0.4, -0.2) is 30.9 Å². The Balaban J connectivity index is 1.93. The molecular formula is C18H18ClIN2O4. The first kappa shape index (κ1) is 20.3. The lowest BCUT2D eigenvalue weighted by Gasteiger charge is -2.09. The van der Waals surface area contributed by atoms with Gasteiger partial charge in [0.05, 0.1) is 16.9 Å². The zero-order chi connectivity index (χ0) is 19.3. The van der Waals surface area contributed by atoms with Gasteiger partial charge in [0.2, 0.25) is 0 Å². The van der Waals surface area contributed by atoms with Gasteiger partial charge in [-0.05, 0) is 77.4 Å². The van der Waals surface area contributed by atoms with E-state index in [1.807, 2.05) is 36.4 Å². The quantitative estimate of drug-likeness (QED) is 0.368. The van der Waals surface area contributed by atoms with Crippen molar-refractivity contribution in [2.24, 2.45) is 5.10 Å². The zero-order valence-corrected chi connectivity index (χ0v) is 17.4. The van der Waals surface area contributed by atoms with Crippen LogP contribution in [0, 0.1) is 17.4 Å². The maximum Gasteiger partial charge on any atom is 0.277 e. The standard InChI is InChI=1S/C18H18ClIN2O4/c1-10-4-13(5-11(2)17(10)19)26-9-16(23)22-21-8-12-6-14(20)18(24)15(7-12)25-3/h4-8,24H,9H2,1-3H3,(H,22,23). The van der Waals surface area contributed by atoms with Gasteiger partial charge < -0.3 is 14.6 Å². The Morgan fingerprint density at radius 1 is 1.31 bits per heavy atom. The number of nitrogens with one attached hydrogen (secondary N) is 1. The molecule has 2 N–H and O–H groups in total. The predicted molar refractivity (Wildman–Crippen MR) is 110 cm³/mol. The highest BCUT2D eigenvalue weighted by molar-refractivity contribution is 14.1. The number of phenolic OH excluding ortho intramolecular Hbond substituents is 1. The topological polar surface area (TPSA) is 80.2 Å². The number of benzene rings is 2. The van der Waals surface area contributed by atoms with Crippen molar-refractivity contribution in [2.45, 2.75) is 13.8 Å². The summed E-state index contributed by atoms with van der Waals surface area (Å²) in [6.07, 6.45) is 1.46. The summed E-state index contributed by atoms with van der Waals surface area (Å²) < 4.78 is 11.2. The Hall–Kier alpha value is -2.00. The van der Waals surface area contributed by atoms with E-state index < -0.39 is 5.91 Å². The highest BCUT2D eigenvalue weighted by atomic mass is 127. The van der Waals surface area contributed by atoms with Crippen LogP contribution in [0.3, 0.4) is 0 Å². The van der Waals surface area contributed by atoms with Crippen LogP contribution >= 0.6 is 34.2 Å². The molecule has 2 aromatic rings. The van der Waals surface area contributed by atoms with Crippen molar-refractivity contribution in [3.8, 4) is 17.2 Å². The molecule has 2 aromatic carbocycles. The van der Waals surface area contributed by atoms with E-state index >= 15 is 0 Å². The minimum atomic E-state index is -0.396. The lowest BCUT2D eigenvalue weighted by molar-refractivity contribution is -0.123. The van der Waals surface area contributed by atoms with Gasteiger partial charge in [-0.2, -0.15) is 5.10 Å². The minimum absolute atomic E-state index is 0.0660. The number of carbonyl (C=O) groups excluding carboxylic acids is 1. The number of methoxy groups -OCH3 is 1. The van der Waals surface area contributed by atoms with E-state index in [0.717, 1.165) is 11.1 Å². The fraction of sp³-hybridized carbons (Fsp3) is 0.222. The molecular weight excluding hydrogens is 471 g/mol. The number of carbonyl (C=O) groups is 1. The summed E-state index contributed by atoms with van der Waals surface area (Å²) in [5, 5.41) is 14.4. The average Bonchev–Trinajstić information content (AvgIpc) is 2.60. The molecule has 0 saturated carbocycles. The number of aryl methyl sites for hydroxylation is 2. The molecule has 0 heterocycles. The summed E-state index contributed by atoms with van der Waals surface area (Å²) in [4.78, 5) is 11.8. The first-order chi connectivity index (χ1) is 12.3. The number of aromatic hydroxyl groups is 1. The van der Waals surface area contributed by atoms with Crippen molar-refractivity contribution >= 4 is 46.3 Å². The van der Waals surface area contributed by atoms with Gasteiger partial charge in [-0.25, -0.2) is 5.43 Å². The van der Waals surface area contributed by atoms with Gasteiger partial charge in [-0.1, -0.05) is 11.6 Å². The molecule has 2 rings (SSSR count). The second-order valence-corrected chi connectivity index (χ2v) is 7.05. The SMILES string of the molecule is COc1cc(C=NNC(=O)COc2cc(C)c(Cl)c(C)c2)cc(I)c1O. The molecule has 0 unspecified atom stereocenters. The van der Waals surface area contributed by atoms with Gasteiger partial charge in [0.25, 0.3) is 5.91 Å². The molecule has 0 atom stereocenters. The summed E-state index contributed by atoms with van der Waals surface area (Å²) in [7, 11) is 1.46. The van der Waals surface area contributed by atoms with Gasteiger partial charge in [0, 0.05) is 5.02 Å². The van der Waals surface area contributed by atoms with Crippen LogP contribution < -0.4 is 14.9 Å². The predicted octanol–water partition coefficient (Wildman–Crippen LogP) is 3.80. The number of amides is 1. The van der Waals surface area contributed by atoms with E-state index in [1.165, 1.54) is 13.3 Å². The first-order valence-electron chi connectivity index (χ1n) is 7.59. The van der Waals surface area contributed by atoms with Crippen molar-refractivity contribution in [3.05, 3.63) is 49.5 Å². The normalized spacial score (nSPS) is 10.8. The van der Waals surface area contributed by atoms with Crippen LogP contribution in [-0.2, 0) is 4.79 Å². The van der Waals surface area contributed by atoms with Crippen LogP contribution in [0.15, 0.2) is 29.4 Å². The molecule has 0 aromatic heterocycles. The third kappa shape index (κ3) is 5.25. The van der Waals surface area contributed by atoms with Crippen molar-refractivity contribution in [1.29, 1.82) is 0 Å². The number of nitrogens with zero attached hydrogens (tertiary/aromatic N) is 1. The summed E-state index contributed by atoms with van der Waals surface area (Å²) in [5.74, 6) is 0.575. The lowest BCUT2D eigenvalue weighted by Crippen LogP contribution is -2.24. The van der Waals surface area contributed by atoms with Gasteiger partial charge in [0.1, 0.15) is 5.75 Å². The average molecular weight is 489 g/mol. The number of phenols is 1. The van der Waals surface area contributed by atoms with E-state index in [1.54, 1.807) is 24.3 Å². The van der Waals surface area contributed by atoms with Crippen LogP contribution in [0.1, 0.15) is 16.7 Å². The van der Waals surface area contributed by atoms with E-state index in [0.29, 0.717) is 25.7 Å². The van der Waals surface area contributed by atoms with Crippen LogP contribution in [0.4, 0.5) is 0 Å². The molecule has 0 radical (unpaired) electrons. The summed E-state index contributed by atoms with van der Waals surface area (Å²) >= 11 is 8.09. The molecule has 0 saturated heterocycles. The molecule has 138 valence electrons. The second kappa shape index (κ2) is 9.09. The number of hydrogen-bond donors (Lipinski definition) is 2. The monoisotopic (exact) mass is 488 g/mol. The lowest BCUT2D eigenvalue weighted by atomic mass is 10.1. The Labute approximate surface area is 170 Å². The molecule has 0 aliphatic rings. The Morgan fingerprint density at radius 3 is 2.58 bits per heavy atom. The molecule has 6 nitrogen and oxygen atoms in total. The third-order valence-electron chi connectivity index (χ3n) is 3.45. The fourth-order valence-electron chi connectivity index (χ4n) is 2.17. The highest BCUT2D eigenvalue weighted by Crippen LogP contribution is 2.31. The molecule has 26 heavy (non-hydrogen) atoms. The summed E-state index contributed by atoms with van der Waals surface area (Å²) in [6.45, 7) is 3.58. The first-order valence-corrected chi connectivity index (χ1v) is 9.05. The molecule has 0 bridgehead atoms. The number of rotatable bonds is 6. The van der Waals surface area contributed by atoms with Crippen LogP contribution in [0.2, 0.25) is 5.02 Å². The summed E-state index contributed by atoms with van der Waals surface area (Å²) in [5.41, 5.74) is 4.83. The Morgan fingerprint density at radius 2 is 1.96 bits per heavy atom. The summed E-state index contributed by atoms with van der Waals surface area (Å²) in [6, 6.07) is 6.87. The smallest absolute Gasteiger partial charge is 0.277 e. The number of hydrogen-bond acceptors (Lipinski definition) is 5. The van der Waals surface area contributed by atoms with Crippen molar-refractivity contribution in [1.82, 2.24) is 5.43 Å². The number of halogens is 2. The number of ether oxygens (including phenoxy) is 2. The Bertz CT molecular complexity index is 832. The molecule has 8 heteroatoms. The van der Waals surface area contributed by atoms with E-state index in [-0.39, 0.29) is 12.4 Å². The van der Waals surface area contributed by atoms with E-state index in [2.05, 4.69) is 10.5 Å². The van der Waals surface area contributed by atoms with Crippen LogP contribution in [0.25, 0.3) is 0 Å². The van der Waals surface area contributed by atoms with Gasteiger partial charge in [-0.15, -0.1) is 0 Å². The van der Waals surface area contributed by atoms with Crippen molar-refractivity contribution < 1.29 is 19.4 Å². The third-order valence-corrected chi connectivity index (χ3v) is 4.87. The number of hydrazone groups is 1. The minimum Gasteiger partial charge on any atom is -0.504 e. The fourth-order valence-corrected chi connectivity index (χ4v) is 2.91. The molecule has 0 fully saturated rings. The van der Waals surface area contributed by atoms with Gasteiger partial charge in [0.15, 0.2) is 18.1 Å². The Kier molecular flexibility index (Phi) is 7.10. The van der Waals surface area contributed by atoms with E-state index in [9.17, 15) is 9.90 Å². The maximum absolute atomic E-state index is 11.8. The zero-order valence-electron chi connectivity index (χ0n) is 14.5. The van der Waals surface area contributed by atoms with E-state index in [4.69, 9.17) is 21.1 Å².